The Labute approximate surface area is 109 Å². The van der Waals surface area contributed by atoms with Gasteiger partial charge in [-0.15, -0.1) is 0 Å². The van der Waals surface area contributed by atoms with Crippen molar-refractivity contribution in [2.24, 2.45) is 0 Å². The van der Waals surface area contributed by atoms with Crippen molar-refractivity contribution in [2.45, 2.75) is 32.4 Å². The fourth-order valence-corrected chi connectivity index (χ4v) is 2.09. The third-order valence-electron chi connectivity index (χ3n) is 3.18. The lowest BCUT2D eigenvalue weighted by Crippen LogP contribution is -2.29. The molecule has 4 heteroatoms. The third kappa shape index (κ3) is 3.96. The van der Waals surface area contributed by atoms with E-state index in [0.29, 0.717) is 0 Å². The number of nitrogens with zero attached hydrogens (tertiary/aromatic N) is 2. The summed E-state index contributed by atoms with van der Waals surface area (Å²) in [6.07, 6.45) is 2.63. The summed E-state index contributed by atoms with van der Waals surface area (Å²) in [6.45, 7) is 5.71. The second-order valence-corrected chi connectivity index (χ2v) is 4.74. The molecular formula is C14H23N3O. The number of methoxy groups -OCH3 is 1. The molecule has 0 saturated heterocycles. The Morgan fingerprint density at radius 2 is 2.28 bits per heavy atom. The standard InChI is InChI=1S/C14H23N3O/c1-3-15-14-6-4-5-12(16-14)11-17(9-10-18-2)13-7-8-13/h4-6,13H,3,7-11H2,1-2H3,(H,15,16). The van der Waals surface area contributed by atoms with Crippen molar-refractivity contribution in [3.8, 4) is 0 Å². The van der Waals surface area contributed by atoms with Gasteiger partial charge in [-0.25, -0.2) is 4.98 Å². The average molecular weight is 249 g/mol. The minimum atomic E-state index is 0.741. The van der Waals surface area contributed by atoms with Crippen LogP contribution in [0.25, 0.3) is 0 Å². The van der Waals surface area contributed by atoms with E-state index in [1.165, 1.54) is 12.8 Å². The summed E-state index contributed by atoms with van der Waals surface area (Å²) in [5.74, 6) is 0.970. The summed E-state index contributed by atoms with van der Waals surface area (Å²) in [5.41, 5.74) is 1.14. The van der Waals surface area contributed by atoms with Gasteiger partial charge in [-0.05, 0) is 31.9 Å². The van der Waals surface area contributed by atoms with Crippen molar-refractivity contribution < 1.29 is 4.74 Å². The monoisotopic (exact) mass is 249 g/mol. The van der Waals surface area contributed by atoms with Crippen molar-refractivity contribution in [2.75, 3.05) is 32.1 Å². The lowest BCUT2D eigenvalue weighted by molar-refractivity contribution is 0.139. The van der Waals surface area contributed by atoms with Crippen LogP contribution in [0.4, 0.5) is 5.82 Å². The third-order valence-corrected chi connectivity index (χ3v) is 3.18. The van der Waals surface area contributed by atoms with Gasteiger partial charge in [0, 0.05) is 32.8 Å². The molecule has 4 nitrogen and oxygen atoms in total. The molecule has 1 N–H and O–H groups in total. The van der Waals surface area contributed by atoms with E-state index in [0.717, 1.165) is 43.8 Å². The molecule has 0 atom stereocenters. The van der Waals surface area contributed by atoms with Gasteiger partial charge in [0.25, 0.3) is 0 Å². The maximum absolute atomic E-state index is 5.18. The number of pyridine rings is 1. The Morgan fingerprint density at radius 1 is 1.44 bits per heavy atom. The zero-order valence-corrected chi connectivity index (χ0v) is 11.4. The van der Waals surface area contributed by atoms with Gasteiger partial charge in [-0.1, -0.05) is 6.07 Å². The predicted molar refractivity (Wildman–Crippen MR) is 73.7 cm³/mol. The molecule has 1 saturated carbocycles. The number of rotatable bonds is 8. The summed E-state index contributed by atoms with van der Waals surface area (Å²) in [7, 11) is 1.76. The zero-order valence-electron chi connectivity index (χ0n) is 11.4. The highest BCUT2D eigenvalue weighted by Gasteiger charge is 2.28. The van der Waals surface area contributed by atoms with Gasteiger partial charge in [0.1, 0.15) is 5.82 Å². The highest BCUT2D eigenvalue weighted by Crippen LogP contribution is 2.27. The number of hydrogen-bond acceptors (Lipinski definition) is 4. The summed E-state index contributed by atoms with van der Waals surface area (Å²) >= 11 is 0. The summed E-state index contributed by atoms with van der Waals surface area (Å²) in [5, 5.41) is 3.25. The van der Waals surface area contributed by atoms with Crippen LogP contribution in [0.1, 0.15) is 25.5 Å². The number of nitrogens with one attached hydrogen (secondary N) is 1. The molecule has 0 aliphatic heterocycles. The molecule has 18 heavy (non-hydrogen) atoms. The van der Waals surface area contributed by atoms with E-state index in [2.05, 4.69) is 34.3 Å². The Bertz CT molecular complexity index is 366. The maximum atomic E-state index is 5.18. The summed E-state index contributed by atoms with van der Waals surface area (Å²) in [4.78, 5) is 7.10. The van der Waals surface area contributed by atoms with Crippen LogP contribution in [0, 0.1) is 0 Å². The Kier molecular flexibility index (Phi) is 4.96. The molecule has 0 unspecified atom stereocenters. The Balaban J connectivity index is 1.94. The van der Waals surface area contributed by atoms with E-state index < -0.39 is 0 Å². The normalized spacial score (nSPS) is 15.1. The van der Waals surface area contributed by atoms with Gasteiger partial charge in [0.15, 0.2) is 0 Å². The first-order chi connectivity index (χ1) is 8.83. The highest BCUT2D eigenvalue weighted by atomic mass is 16.5. The van der Waals surface area contributed by atoms with Crippen molar-refractivity contribution >= 4 is 5.82 Å². The van der Waals surface area contributed by atoms with Crippen molar-refractivity contribution in [3.63, 3.8) is 0 Å². The van der Waals surface area contributed by atoms with Crippen molar-refractivity contribution in [1.29, 1.82) is 0 Å². The van der Waals surface area contributed by atoms with Crippen LogP contribution in [0.5, 0.6) is 0 Å². The van der Waals surface area contributed by atoms with Crippen LogP contribution in [0.15, 0.2) is 18.2 Å². The molecule has 1 heterocycles. The number of hydrogen-bond donors (Lipinski definition) is 1. The van der Waals surface area contributed by atoms with Crippen LogP contribution in [0.2, 0.25) is 0 Å². The molecule has 0 spiro atoms. The van der Waals surface area contributed by atoms with Gasteiger partial charge in [-0.3, -0.25) is 4.90 Å². The largest absolute Gasteiger partial charge is 0.383 e. The maximum Gasteiger partial charge on any atom is 0.126 e. The van der Waals surface area contributed by atoms with E-state index >= 15 is 0 Å². The molecule has 1 aromatic heterocycles. The fourth-order valence-electron chi connectivity index (χ4n) is 2.09. The van der Waals surface area contributed by atoms with Crippen LogP contribution < -0.4 is 5.32 Å². The second-order valence-electron chi connectivity index (χ2n) is 4.74. The molecule has 1 fully saturated rings. The first kappa shape index (κ1) is 13.3. The number of aromatic nitrogens is 1. The van der Waals surface area contributed by atoms with Gasteiger partial charge in [-0.2, -0.15) is 0 Å². The molecule has 0 radical (unpaired) electrons. The first-order valence-corrected chi connectivity index (χ1v) is 6.76. The van der Waals surface area contributed by atoms with Gasteiger partial charge >= 0.3 is 0 Å². The van der Waals surface area contributed by atoms with Gasteiger partial charge in [0.2, 0.25) is 0 Å². The van der Waals surface area contributed by atoms with Crippen LogP contribution in [-0.2, 0) is 11.3 Å². The number of anilines is 1. The number of ether oxygens (including phenoxy) is 1. The quantitative estimate of drug-likeness (QED) is 0.766. The molecule has 0 aromatic carbocycles. The molecule has 0 amide bonds. The van der Waals surface area contributed by atoms with Gasteiger partial charge < -0.3 is 10.1 Å². The summed E-state index contributed by atoms with van der Waals surface area (Å²) < 4.78 is 5.18. The second kappa shape index (κ2) is 6.71. The topological polar surface area (TPSA) is 37.4 Å². The van der Waals surface area contributed by atoms with Crippen LogP contribution >= 0.6 is 0 Å². The van der Waals surface area contributed by atoms with Crippen LogP contribution in [0.3, 0.4) is 0 Å². The van der Waals surface area contributed by atoms with Gasteiger partial charge in [0.05, 0.1) is 12.3 Å². The van der Waals surface area contributed by atoms with Crippen LogP contribution in [-0.4, -0.2) is 42.7 Å². The van der Waals surface area contributed by atoms with E-state index in [1.807, 2.05) is 6.07 Å². The lowest BCUT2D eigenvalue weighted by atomic mass is 10.3. The molecule has 100 valence electrons. The molecule has 1 aromatic rings. The van der Waals surface area contributed by atoms with Crippen molar-refractivity contribution in [1.82, 2.24) is 9.88 Å². The Morgan fingerprint density at radius 3 is 2.94 bits per heavy atom. The van der Waals surface area contributed by atoms with Crippen molar-refractivity contribution in [3.05, 3.63) is 23.9 Å². The van der Waals surface area contributed by atoms with E-state index in [9.17, 15) is 0 Å². The minimum Gasteiger partial charge on any atom is -0.383 e. The highest BCUT2D eigenvalue weighted by molar-refractivity contribution is 5.35. The van der Waals surface area contributed by atoms with E-state index in [4.69, 9.17) is 4.74 Å². The summed E-state index contributed by atoms with van der Waals surface area (Å²) in [6, 6.07) is 6.93. The SMILES string of the molecule is CCNc1cccc(CN(CCOC)C2CC2)n1. The Hall–Kier alpha value is -1.13. The predicted octanol–water partition coefficient (Wildman–Crippen LogP) is 2.12. The van der Waals surface area contributed by atoms with E-state index in [-0.39, 0.29) is 0 Å². The molecule has 2 rings (SSSR count). The molecule has 0 bridgehead atoms. The molecule has 1 aliphatic rings. The molecular weight excluding hydrogens is 226 g/mol. The lowest BCUT2D eigenvalue weighted by Gasteiger charge is -2.21. The first-order valence-electron chi connectivity index (χ1n) is 6.76. The average Bonchev–Trinajstić information content (AvgIpc) is 3.19. The molecule has 1 aliphatic carbocycles. The van der Waals surface area contributed by atoms with E-state index in [1.54, 1.807) is 7.11 Å². The minimum absolute atomic E-state index is 0.741. The smallest absolute Gasteiger partial charge is 0.126 e. The fraction of sp³-hybridized carbons (Fsp3) is 0.643. The zero-order chi connectivity index (χ0) is 12.8.